The number of hydrogen-bond donors (Lipinski definition) is 2. The van der Waals surface area contributed by atoms with Gasteiger partial charge in [-0.1, -0.05) is 12.8 Å². The number of halogens is 1. The van der Waals surface area contributed by atoms with Crippen LogP contribution in [0.5, 0.6) is 5.75 Å². The minimum absolute atomic E-state index is 0. The van der Waals surface area contributed by atoms with Gasteiger partial charge in [0.25, 0.3) is 0 Å². The Morgan fingerprint density at radius 2 is 1.85 bits per heavy atom. The van der Waals surface area contributed by atoms with E-state index in [-0.39, 0.29) is 36.0 Å². The van der Waals surface area contributed by atoms with Crippen LogP contribution in [0.1, 0.15) is 39.5 Å². The summed E-state index contributed by atoms with van der Waals surface area (Å²) in [5.74, 6) is 1.30. The molecule has 2 rings (SSSR count). The van der Waals surface area contributed by atoms with Crippen molar-refractivity contribution in [2.24, 2.45) is 16.1 Å². The summed E-state index contributed by atoms with van der Waals surface area (Å²) in [7, 11) is 3.60. The predicted molar refractivity (Wildman–Crippen MR) is 117 cm³/mol. The van der Waals surface area contributed by atoms with E-state index in [4.69, 9.17) is 10.5 Å². The summed E-state index contributed by atoms with van der Waals surface area (Å²) in [6.07, 6.45) is 4.03. The molecule has 1 saturated carbocycles. The third-order valence-electron chi connectivity index (χ3n) is 4.47. The quantitative estimate of drug-likeness (QED) is 0.376. The van der Waals surface area contributed by atoms with Gasteiger partial charge >= 0.3 is 0 Å². The average Bonchev–Trinajstić information content (AvgIpc) is 3.03. The highest BCUT2D eigenvalue weighted by Gasteiger charge is 2.41. The molecule has 0 aromatic heterocycles. The Morgan fingerprint density at radius 1 is 1.27 bits per heavy atom. The molecule has 146 valence electrons. The Balaban J connectivity index is 0.00000338. The van der Waals surface area contributed by atoms with E-state index >= 15 is 0 Å². The first kappa shape index (κ1) is 22.5. The summed E-state index contributed by atoms with van der Waals surface area (Å²) < 4.78 is 5.62. The topological polar surface area (TPSA) is 80.0 Å². The number of carbonyl (C=O) groups excluding carboxylic acids is 1. The lowest BCUT2D eigenvalue weighted by Crippen LogP contribution is -2.41. The van der Waals surface area contributed by atoms with Crippen molar-refractivity contribution >= 4 is 41.5 Å². The minimum Gasteiger partial charge on any atom is -0.491 e. The third kappa shape index (κ3) is 6.03. The van der Waals surface area contributed by atoms with Crippen LogP contribution in [-0.2, 0) is 4.79 Å². The summed E-state index contributed by atoms with van der Waals surface area (Å²) in [5, 5.41) is 3.08. The number of rotatable bonds is 6. The van der Waals surface area contributed by atoms with Crippen LogP contribution < -0.4 is 15.8 Å². The molecule has 0 radical (unpaired) electrons. The highest BCUT2D eigenvalue weighted by atomic mass is 127. The first-order valence-corrected chi connectivity index (χ1v) is 8.88. The predicted octanol–water partition coefficient (Wildman–Crippen LogP) is 3.47. The van der Waals surface area contributed by atoms with E-state index in [1.165, 1.54) is 0 Å². The van der Waals surface area contributed by atoms with Gasteiger partial charge in [-0.05, 0) is 51.0 Å². The summed E-state index contributed by atoms with van der Waals surface area (Å²) >= 11 is 0. The molecule has 0 atom stereocenters. The SMILES string of the molecule is CC(C)Oc1ccc(NC(N)=NCC2(C(=O)N(C)C)CCCC2)cc1.I. The van der Waals surface area contributed by atoms with Gasteiger partial charge in [-0.3, -0.25) is 9.79 Å². The van der Waals surface area contributed by atoms with Crippen LogP contribution in [0.4, 0.5) is 5.69 Å². The average molecular weight is 474 g/mol. The molecule has 1 aromatic rings. The van der Waals surface area contributed by atoms with E-state index in [1.54, 1.807) is 19.0 Å². The Kier molecular flexibility index (Phi) is 8.66. The molecule has 0 aliphatic heterocycles. The number of amides is 1. The number of nitrogens with zero attached hydrogens (tertiary/aromatic N) is 2. The van der Waals surface area contributed by atoms with Crippen molar-refractivity contribution in [1.82, 2.24) is 4.90 Å². The molecule has 3 N–H and O–H groups in total. The van der Waals surface area contributed by atoms with Crippen molar-refractivity contribution in [3.05, 3.63) is 24.3 Å². The third-order valence-corrected chi connectivity index (χ3v) is 4.47. The van der Waals surface area contributed by atoms with Gasteiger partial charge in [0.05, 0.1) is 18.1 Å². The van der Waals surface area contributed by atoms with Gasteiger partial charge in [0.1, 0.15) is 5.75 Å². The number of carbonyl (C=O) groups is 1. The first-order chi connectivity index (χ1) is 11.8. The van der Waals surface area contributed by atoms with Gasteiger partial charge < -0.3 is 20.7 Å². The van der Waals surface area contributed by atoms with Crippen LogP contribution in [0, 0.1) is 5.41 Å². The Bertz CT molecular complexity index is 608. The van der Waals surface area contributed by atoms with Gasteiger partial charge in [-0.15, -0.1) is 24.0 Å². The fourth-order valence-corrected chi connectivity index (χ4v) is 3.28. The molecule has 0 bridgehead atoms. The molecule has 0 spiro atoms. The molecule has 7 heteroatoms. The minimum atomic E-state index is -0.398. The zero-order valence-electron chi connectivity index (χ0n) is 16.1. The zero-order valence-corrected chi connectivity index (χ0v) is 18.4. The fraction of sp³-hybridized carbons (Fsp3) is 0.579. The van der Waals surface area contributed by atoms with Crippen molar-refractivity contribution in [1.29, 1.82) is 0 Å². The second-order valence-corrected chi connectivity index (χ2v) is 7.20. The van der Waals surface area contributed by atoms with Gasteiger partial charge in [0.2, 0.25) is 5.91 Å². The van der Waals surface area contributed by atoms with E-state index < -0.39 is 5.41 Å². The molecule has 6 nitrogen and oxygen atoms in total. The van der Waals surface area contributed by atoms with Crippen molar-refractivity contribution in [2.45, 2.75) is 45.6 Å². The first-order valence-electron chi connectivity index (χ1n) is 8.88. The Morgan fingerprint density at radius 3 is 2.35 bits per heavy atom. The highest BCUT2D eigenvalue weighted by Crippen LogP contribution is 2.39. The maximum Gasteiger partial charge on any atom is 0.230 e. The van der Waals surface area contributed by atoms with Crippen LogP contribution in [-0.4, -0.2) is 43.5 Å². The van der Waals surface area contributed by atoms with Gasteiger partial charge in [-0.25, -0.2) is 0 Å². The van der Waals surface area contributed by atoms with Crippen molar-refractivity contribution in [3.63, 3.8) is 0 Å². The summed E-state index contributed by atoms with van der Waals surface area (Å²) in [4.78, 5) is 18.7. The second kappa shape index (κ2) is 9.99. The summed E-state index contributed by atoms with van der Waals surface area (Å²) in [6, 6.07) is 7.58. The van der Waals surface area contributed by atoms with E-state index in [2.05, 4.69) is 10.3 Å². The summed E-state index contributed by atoms with van der Waals surface area (Å²) in [5.41, 5.74) is 6.47. The molecule has 1 aromatic carbocycles. The van der Waals surface area contributed by atoms with Gasteiger partial charge in [-0.2, -0.15) is 0 Å². The van der Waals surface area contributed by atoms with Crippen LogP contribution in [0.25, 0.3) is 0 Å². The molecule has 1 aliphatic rings. The normalized spacial score (nSPS) is 16.1. The molecular formula is C19H31IN4O2. The molecule has 0 saturated heterocycles. The number of hydrogen-bond acceptors (Lipinski definition) is 3. The lowest BCUT2D eigenvalue weighted by atomic mass is 9.85. The van der Waals surface area contributed by atoms with Crippen LogP contribution >= 0.6 is 24.0 Å². The van der Waals surface area contributed by atoms with Crippen LogP contribution in [0.3, 0.4) is 0 Å². The number of nitrogens with one attached hydrogen (secondary N) is 1. The van der Waals surface area contributed by atoms with E-state index in [1.807, 2.05) is 38.1 Å². The van der Waals surface area contributed by atoms with E-state index in [0.29, 0.717) is 12.5 Å². The smallest absolute Gasteiger partial charge is 0.230 e. The van der Waals surface area contributed by atoms with Crippen molar-refractivity contribution in [3.8, 4) is 5.75 Å². The number of aliphatic imine (C=N–C) groups is 1. The van der Waals surface area contributed by atoms with Crippen molar-refractivity contribution in [2.75, 3.05) is 26.0 Å². The molecule has 1 fully saturated rings. The van der Waals surface area contributed by atoms with E-state index in [9.17, 15) is 4.79 Å². The lowest BCUT2D eigenvalue weighted by molar-refractivity contribution is -0.138. The largest absolute Gasteiger partial charge is 0.491 e. The standard InChI is InChI=1S/C19H30N4O2.HI/c1-14(2)25-16-9-7-15(8-10-16)22-18(20)21-13-19(11-5-6-12-19)17(24)23(3)4;/h7-10,14H,5-6,11-13H2,1-4H3,(H3,20,21,22);1H. The van der Waals surface area contributed by atoms with Crippen LogP contribution in [0.15, 0.2) is 29.3 Å². The van der Waals surface area contributed by atoms with Crippen molar-refractivity contribution < 1.29 is 9.53 Å². The number of guanidine groups is 1. The maximum absolute atomic E-state index is 12.5. The molecule has 1 amide bonds. The molecular weight excluding hydrogens is 443 g/mol. The molecule has 1 aliphatic carbocycles. The number of benzene rings is 1. The zero-order chi connectivity index (χ0) is 18.4. The second-order valence-electron chi connectivity index (χ2n) is 7.20. The highest BCUT2D eigenvalue weighted by molar-refractivity contribution is 14.0. The number of nitrogens with two attached hydrogens (primary N) is 1. The Hall–Kier alpha value is -1.51. The van der Waals surface area contributed by atoms with Gasteiger partial charge in [0.15, 0.2) is 5.96 Å². The fourth-order valence-electron chi connectivity index (χ4n) is 3.28. The van der Waals surface area contributed by atoms with Gasteiger partial charge in [0, 0.05) is 19.8 Å². The molecule has 0 heterocycles. The van der Waals surface area contributed by atoms with E-state index in [0.717, 1.165) is 37.1 Å². The Labute approximate surface area is 173 Å². The lowest BCUT2D eigenvalue weighted by Gasteiger charge is -2.29. The maximum atomic E-state index is 12.5. The molecule has 26 heavy (non-hydrogen) atoms. The summed E-state index contributed by atoms with van der Waals surface area (Å²) in [6.45, 7) is 4.41. The monoisotopic (exact) mass is 474 g/mol. The van der Waals surface area contributed by atoms with Crippen LogP contribution in [0.2, 0.25) is 0 Å². The number of ether oxygens (including phenoxy) is 1. The number of anilines is 1. The molecule has 0 unspecified atom stereocenters.